The lowest BCUT2D eigenvalue weighted by atomic mass is 10.3. The highest BCUT2D eigenvalue weighted by Crippen LogP contribution is 2.30. The average molecular weight is 402 g/mol. The normalized spacial score (nSPS) is 12.0. The smallest absolute Gasteiger partial charge is 0.230 e. The van der Waals surface area contributed by atoms with Crippen molar-refractivity contribution < 1.29 is 4.79 Å². The number of nitrogens with one attached hydrogen (secondary N) is 1. The summed E-state index contributed by atoms with van der Waals surface area (Å²) in [6.07, 6.45) is 2.59. The summed E-state index contributed by atoms with van der Waals surface area (Å²) < 4.78 is 1.84. The SMILES string of the molecule is CC[C@H](C)NC(=O)CSc1nnc(-c2ccccn2)n1-c1ccccc1Cl. The number of benzene rings is 1. The summed E-state index contributed by atoms with van der Waals surface area (Å²) in [4.78, 5) is 16.5. The fourth-order valence-corrected chi connectivity index (χ4v) is 3.40. The van der Waals surface area contributed by atoms with Gasteiger partial charge in [-0.25, -0.2) is 0 Å². The predicted octanol–water partition coefficient (Wildman–Crippen LogP) is 3.99. The lowest BCUT2D eigenvalue weighted by molar-refractivity contribution is -0.119. The van der Waals surface area contributed by atoms with E-state index < -0.39 is 0 Å². The van der Waals surface area contributed by atoms with Gasteiger partial charge in [0, 0.05) is 12.2 Å². The summed E-state index contributed by atoms with van der Waals surface area (Å²) in [6.45, 7) is 4.01. The Labute approximate surface area is 167 Å². The zero-order chi connectivity index (χ0) is 19.2. The molecule has 2 aromatic heterocycles. The number of carbonyl (C=O) groups is 1. The molecule has 140 valence electrons. The summed E-state index contributed by atoms with van der Waals surface area (Å²) in [7, 11) is 0. The number of para-hydroxylation sites is 1. The number of nitrogens with zero attached hydrogens (tertiary/aromatic N) is 4. The van der Waals surface area contributed by atoms with Gasteiger partial charge in [-0.05, 0) is 37.6 Å². The molecular formula is C19H20ClN5OS. The molecule has 0 aliphatic carbocycles. The molecular weight excluding hydrogens is 382 g/mol. The summed E-state index contributed by atoms with van der Waals surface area (Å²) in [5.41, 5.74) is 1.43. The molecule has 6 nitrogen and oxygen atoms in total. The number of hydrogen-bond acceptors (Lipinski definition) is 5. The first-order chi connectivity index (χ1) is 13.1. The first-order valence-corrected chi connectivity index (χ1v) is 10.0. The lowest BCUT2D eigenvalue weighted by Crippen LogP contribution is -2.33. The van der Waals surface area contributed by atoms with Crippen LogP contribution in [0.15, 0.2) is 53.8 Å². The van der Waals surface area contributed by atoms with Crippen LogP contribution in [0.3, 0.4) is 0 Å². The Balaban J connectivity index is 1.94. The third-order valence-corrected chi connectivity index (χ3v) is 5.22. The van der Waals surface area contributed by atoms with Crippen LogP contribution in [0.5, 0.6) is 0 Å². The van der Waals surface area contributed by atoms with Gasteiger partial charge < -0.3 is 5.32 Å². The Bertz CT molecular complexity index is 915. The van der Waals surface area contributed by atoms with Crippen molar-refractivity contribution in [3.8, 4) is 17.2 Å². The van der Waals surface area contributed by atoms with Gasteiger partial charge in [-0.1, -0.05) is 48.5 Å². The van der Waals surface area contributed by atoms with E-state index in [9.17, 15) is 4.79 Å². The number of pyridine rings is 1. The monoisotopic (exact) mass is 401 g/mol. The van der Waals surface area contributed by atoms with Gasteiger partial charge in [0.25, 0.3) is 0 Å². The predicted molar refractivity (Wildman–Crippen MR) is 108 cm³/mol. The van der Waals surface area contributed by atoms with Crippen LogP contribution < -0.4 is 5.32 Å². The second kappa shape index (κ2) is 9.01. The highest BCUT2D eigenvalue weighted by atomic mass is 35.5. The topological polar surface area (TPSA) is 72.7 Å². The van der Waals surface area contributed by atoms with Gasteiger partial charge >= 0.3 is 0 Å². The van der Waals surface area contributed by atoms with E-state index in [-0.39, 0.29) is 17.7 Å². The van der Waals surface area contributed by atoms with Crippen LogP contribution >= 0.6 is 23.4 Å². The molecule has 0 unspecified atom stereocenters. The molecule has 3 rings (SSSR count). The molecule has 2 heterocycles. The van der Waals surface area contributed by atoms with E-state index in [2.05, 4.69) is 20.5 Å². The highest BCUT2D eigenvalue weighted by molar-refractivity contribution is 7.99. The summed E-state index contributed by atoms with van der Waals surface area (Å²) in [5.74, 6) is 0.783. The van der Waals surface area contributed by atoms with E-state index in [1.54, 1.807) is 6.20 Å². The number of hydrogen-bond donors (Lipinski definition) is 1. The summed E-state index contributed by atoms with van der Waals surface area (Å²) in [6, 6.07) is 13.2. The van der Waals surface area contributed by atoms with Gasteiger partial charge in [0.05, 0.1) is 16.5 Å². The molecule has 3 aromatic rings. The quantitative estimate of drug-likeness (QED) is 0.606. The Kier molecular flexibility index (Phi) is 6.47. The maximum absolute atomic E-state index is 12.1. The fraction of sp³-hybridized carbons (Fsp3) is 0.263. The van der Waals surface area contributed by atoms with Crippen LogP contribution in [0.1, 0.15) is 20.3 Å². The van der Waals surface area contributed by atoms with Crippen LogP contribution in [-0.4, -0.2) is 37.5 Å². The molecule has 0 bridgehead atoms. The maximum atomic E-state index is 12.1. The number of halogens is 1. The Morgan fingerprint density at radius 2 is 2.00 bits per heavy atom. The standard InChI is InChI=1S/C19H20ClN5OS/c1-3-13(2)22-17(26)12-27-19-24-23-18(15-9-6-7-11-21-15)25(19)16-10-5-4-8-14(16)20/h4-11,13H,3,12H2,1-2H3,(H,22,26)/t13-/m0/s1. The molecule has 27 heavy (non-hydrogen) atoms. The van der Waals surface area contributed by atoms with E-state index in [1.807, 2.05) is 60.9 Å². The summed E-state index contributed by atoms with van der Waals surface area (Å²) in [5, 5.41) is 12.7. The molecule has 1 N–H and O–H groups in total. The molecule has 1 atom stereocenters. The van der Waals surface area contributed by atoms with Gasteiger partial charge in [0.2, 0.25) is 5.91 Å². The highest BCUT2D eigenvalue weighted by Gasteiger charge is 2.19. The molecule has 8 heteroatoms. The zero-order valence-electron chi connectivity index (χ0n) is 15.1. The van der Waals surface area contributed by atoms with Crippen molar-refractivity contribution >= 4 is 29.3 Å². The number of carbonyl (C=O) groups excluding carboxylic acids is 1. The van der Waals surface area contributed by atoms with Crippen LogP contribution in [-0.2, 0) is 4.79 Å². The van der Waals surface area contributed by atoms with Crippen molar-refractivity contribution in [1.82, 2.24) is 25.1 Å². The minimum absolute atomic E-state index is 0.0394. The van der Waals surface area contributed by atoms with Crippen molar-refractivity contribution in [1.29, 1.82) is 0 Å². The minimum Gasteiger partial charge on any atom is -0.353 e. The first kappa shape index (κ1) is 19.4. The molecule has 0 saturated heterocycles. The Hall–Kier alpha value is -2.38. The van der Waals surface area contributed by atoms with E-state index in [0.717, 1.165) is 12.1 Å². The van der Waals surface area contributed by atoms with Gasteiger partial charge in [0.1, 0.15) is 5.69 Å². The van der Waals surface area contributed by atoms with Crippen molar-refractivity contribution in [2.45, 2.75) is 31.5 Å². The number of thioether (sulfide) groups is 1. The lowest BCUT2D eigenvalue weighted by Gasteiger charge is -2.13. The minimum atomic E-state index is -0.0394. The number of rotatable bonds is 7. The van der Waals surface area contributed by atoms with Crippen molar-refractivity contribution in [3.05, 3.63) is 53.7 Å². The van der Waals surface area contributed by atoms with Crippen molar-refractivity contribution in [3.63, 3.8) is 0 Å². The third-order valence-electron chi connectivity index (χ3n) is 3.97. The van der Waals surface area contributed by atoms with Crippen LogP contribution in [0.2, 0.25) is 5.02 Å². The molecule has 0 aliphatic rings. The van der Waals surface area contributed by atoms with Gasteiger partial charge in [-0.15, -0.1) is 10.2 Å². The molecule has 0 aliphatic heterocycles. The number of aromatic nitrogens is 4. The van der Waals surface area contributed by atoms with Crippen molar-refractivity contribution in [2.75, 3.05) is 5.75 Å². The largest absolute Gasteiger partial charge is 0.353 e. The van der Waals surface area contributed by atoms with E-state index in [0.29, 0.717) is 21.7 Å². The van der Waals surface area contributed by atoms with Crippen molar-refractivity contribution in [2.24, 2.45) is 0 Å². The van der Waals surface area contributed by atoms with E-state index in [4.69, 9.17) is 11.6 Å². The Morgan fingerprint density at radius 3 is 2.70 bits per heavy atom. The van der Waals surface area contributed by atoms with Gasteiger partial charge in [-0.3, -0.25) is 14.3 Å². The third kappa shape index (κ3) is 4.67. The first-order valence-electron chi connectivity index (χ1n) is 8.64. The molecule has 1 amide bonds. The number of amides is 1. The second-order valence-corrected chi connectivity index (χ2v) is 7.32. The molecule has 0 radical (unpaired) electrons. The maximum Gasteiger partial charge on any atom is 0.230 e. The summed E-state index contributed by atoms with van der Waals surface area (Å²) >= 11 is 7.73. The van der Waals surface area contributed by atoms with Crippen LogP contribution in [0, 0.1) is 0 Å². The average Bonchev–Trinajstić information content (AvgIpc) is 3.11. The molecule has 1 aromatic carbocycles. The second-order valence-electron chi connectivity index (χ2n) is 5.97. The van der Waals surface area contributed by atoms with E-state index in [1.165, 1.54) is 11.8 Å². The van der Waals surface area contributed by atoms with Gasteiger partial charge in [-0.2, -0.15) is 0 Å². The molecule has 0 fully saturated rings. The molecule has 0 saturated carbocycles. The fourth-order valence-electron chi connectivity index (χ4n) is 2.42. The van der Waals surface area contributed by atoms with Crippen LogP contribution in [0.4, 0.5) is 0 Å². The zero-order valence-corrected chi connectivity index (χ0v) is 16.7. The van der Waals surface area contributed by atoms with Gasteiger partial charge in [0.15, 0.2) is 11.0 Å². The van der Waals surface area contributed by atoms with E-state index >= 15 is 0 Å². The molecule has 0 spiro atoms. The van der Waals surface area contributed by atoms with Crippen LogP contribution in [0.25, 0.3) is 17.2 Å². The Morgan fingerprint density at radius 1 is 1.22 bits per heavy atom.